The first kappa shape index (κ1) is 23.3. The second-order valence-electron chi connectivity index (χ2n) is 6.61. The number of thioether (sulfide) groups is 1. The van der Waals surface area contributed by atoms with E-state index in [2.05, 4.69) is 10.3 Å². The molecule has 7 nitrogen and oxygen atoms in total. The number of carbonyl (C=O) groups is 2. The van der Waals surface area contributed by atoms with E-state index >= 15 is 0 Å². The number of nitrogens with zero attached hydrogens (tertiary/aromatic N) is 2. The summed E-state index contributed by atoms with van der Waals surface area (Å²) in [6.07, 6.45) is 1.74. The average molecular weight is 480 g/mol. The monoisotopic (exact) mass is 479 g/mol. The van der Waals surface area contributed by atoms with Gasteiger partial charge in [-0.1, -0.05) is 29.4 Å². The van der Waals surface area contributed by atoms with Crippen LogP contribution in [0, 0.1) is 0 Å². The number of nitrogens with one attached hydrogen (secondary N) is 1. The fraction of sp³-hybridized carbons (Fsp3) is 0.286. The van der Waals surface area contributed by atoms with Crippen molar-refractivity contribution in [2.24, 2.45) is 4.99 Å². The Morgan fingerprint density at radius 3 is 2.84 bits per heavy atom. The summed E-state index contributed by atoms with van der Waals surface area (Å²) in [4.78, 5) is 32.3. The van der Waals surface area contributed by atoms with Crippen LogP contribution < -0.4 is 15.0 Å². The van der Waals surface area contributed by atoms with E-state index < -0.39 is 0 Å². The van der Waals surface area contributed by atoms with Gasteiger partial charge in [-0.2, -0.15) is 0 Å². The molecule has 1 aliphatic rings. The van der Waals surface area contributed by atoms with E-state index in [1.54, 1.807) is 31.4 Å². The van der Waals surface area contributed by atoms with Crippen LogP contribution in [0.25, 0.3) is 6.08 Å². The van der Waals surface area contributed by atoms with Crippen molar-refractivity contribution in [2.75, 3.05) is 31.5 Å². The van der Waals surface area contributed by atoms with Crippen LogP contribution in [0.3, 0.4) is 0 Å². The number of aliphatic imine (C=N–C) groups is 1. The van der Waals surface area contributed by atoms with E-state index in [0.717, 1.165) is 4.88 Å². The second-order valence-corrected chi connectivity index (χ2v) is 8.94. The second kappa shape index (κ2) is 10.8. The van der Waals surface area contributed by atoms with Crippen molar-refractivity contribution in [2.45, 2.75) is 13.0 Å². The van der Waals surface area contributed by atoms with Gasteiger partial charge in [-0.05, 0) is 42.6 Å². The Morgan fingerprint density at radius 2 is 2.19 bits per heavy atom. The number of hydrogen-bond acceptors (Lipinski definition) is 7. The highest BCUT2D eigenvalue weighted by Gasteiger charge is 2.33. The Hall–Kier alpha value is -2.33. The Morgan fingerprint density at radius 1 is 1.39 bits per heavy atom. The predicted molar refractivity (Wildman–Crippen MR) is 127 cm³/mol. The number of benzene rings is 1. The van der Waals surface area contributed by atoms with Crippen LogP contribution in [-0.4, -0.2) is 49.6 Å². The van der Waals surface area contributed by atoms with E-state index in [-0.39, 0.29) is 23.6 Å². The van der Waals surface area contributed by atoms with Gasteiger partial charge in [0, 0.05) is 18.0 Å². The molecule has 31 heavy (non-hydrogen) atoms. The molecule has 0 saturated carbocycles. The van der Waals surface area contributed by atoms with E-state index in [4.69, 9.17) is 21.1 Å². The Balaban J connectivity index is 1.84. The first-order chi connectivity index (χ1) is 14.9. The van der Waals surface area contributed by atoms with Gasteiger partial charge < -0.3 is 14.8 Å². The molecule has 2 aromatic rings. The molecule has 2 heterocycles. The molecule has 1 aromatic carbocycles. The standard InChI is InChI=1S/C21H22ClN3O4S2/c1-13(11-28-2)23-19(26)12-31-21-24-17(10-15-5-4-8-30-15)20(27)25(21)14-6-7-18(29-3)16(22)9-14/h4-10,13H,11-12H2,1-3H3,(H,23,26)/b17-10-. The molecule has 0 bridgehead atoms. The summed E-state index contributed by atoms with van der Waals surface area (Å²) in [6, 6.07) is 8.76. The summed E-state index contributed by atoms with van der Waals surface area (Å²) in [5.74, 6) is 0.148. The molecular formula is C21H22ClN3O4S2. The number of thiophene rings is 1. The summed E-state index contributed by atoms with van der Waals surface area (Å²) < 4.78 is 10.2. The van der Waals surface area contributed by atoms with Gasteiger partial charge in [-0.15, -0.1) is 11.3 Å². The van der Waals surface area contributed by atoms with E-state index in [1.165, 1.54) is 35.1 Å². The summed E-state index contributed by atoms with van der Waals surface area (Å²) in [5.41, 5.74) is 0.842. The minimum Gasteiger partial charge on any atom is -0.495 e. The van der Waals surface area contributed by atoms with Crippen LogP contribution in [-0.2, 0) is 14.3 Å². The van der Waals surface area contributed by atoms with Gasteiger partial charge in [0.1, 0.15) is 11.4 Å². The van der Waals surface area contributed by atoms with Crippen molar-refractivity contribution >= 4 is 63.4 Å². The third kappa shape index (κ3) is 5.88. The number of rotatable bonds is 8. The predicted octanol–water partition coefficient (Wildman–Crippen LogP) is 4.04. The molecular weight excluding hydrogens is 458 g/mol. The molecule has 3 rings (SSSR count). The topological polar surface area (TPSA) is 80.2 Å². The smallest absolute Gasteiger partial charge is 0.283 e. The fourth-order valence-electron chi connectivity index (χ4n) is 2.86. The SMILES string of the molecule is COCC(C)NC(=O)CSC1=N/C(=C\c2cccs2)C(=O)N1c1ccc(OC)c(Cl)c1. The van der Waals surface area contributed by atoms with Crippen LogP contribution in [0.1, 0.15) is 11.8 Å². The molecule has 0 saturated heterocycles. The van der Waals surface area contributed by atoms with Gasteiger partial charge in [0.15, 0.2) is 5.17 Å². The van der Waals surface area contributed by atoms with Gasteiger partial charge in [0.25, 0.3) is 5.91 Å². The summed E-state index contributed by atoms with van der Waals surface area (Å²) >= 11 is 8.96. The molecule has 1 aromatic heterocycles. The normalized spacial score (nSPS) is 15.9. The lowest BCUT2D eigenvalue weighted by molar-refractivity contribution is -0.119. The zero-order valence-electron chi connectivity index (χ0n) is 17.3. The molecule has 2 amide bonds. The molecule has 10 heteroatoms. The van der Waals surface area contributed by atoms with Crippen molar-refractivity contribution in [3.8, 4) is 5.75 Å². The molecule has 1 atom stereocenters. The van der Waals surface area contributed by atoms with Crippen molar-refractivity contribution in [3.05, 3.63) is 51.3 Å². The number of amides is 2. The maximum absolute atomic E-state index is 13.2. The maximum atomic E-state index is 13.2. The lowest BCUT2D eigenvalue weighted by Crippen LogP contribution is -2.37. The number of ether oxygens (including phenoxy) is 2. The third-order valence-corrected chi connectivity index (χ3v) is 6.26. The van der Waals surface area contributed by atoms with Crippen molar-refractivity contribution in [1.29, 1.82) is 0 Å². The molecule has 0 spiro atoms. The van der Waals surface area contributed by atoms with E-state index in [1.807, 2.05) is 24.4 Å². The third-order valence-electron chi connectivity index (χ3n) is 4.20. The van der Waals surface area contributed by atoms with Crippen molar-refractivity contribution in [1.82, 2.24) is 5.32 Å². The van der Waals surface area contributed by atoms with Crippen molar-refractivity contribution in [3.63, 3.8) is 0 Å². The van der Waals surface area contributed by atoms with Gasteiger partial charge in [0.05, 0.1) is 30.2 Å². The number of amidine groups is 1. The molecule has 1 N–H and O–H groups in total. The van der Waals surface area contributed by atoms with Gasteiger partial charge in [-0.3, -0.25) is 14.5 Å². The summed E-state index contributed by atoms with van der Waals surface area (Å²) in [6.45, 7) is 2.27. The summed E-state index contributed by atoms with van der Waals surface area (Å²) in [5, 5.41) is 5.56. The lowest BCUT2D eigenvalue weighted by Gasteiger charge is -2.19. The molecule has 1 unspecified atom stereocenters. The highest BCUT2D eigenvalue weighted by Crippen LogP contribution is 2.34. The molecule has 0 aliphatic carbocycles. The van der Waals surface area contributed by atoms with Crippen LogP contribution in [0.2, 0.25) is 5.02 Å². The van der Waals surface area contributed by atoms with Crippen LogP contribution in [0.15, 0.2) is 46.4 Å². The number of methoxy groups -OCH3 is 2. The van der Waals surface area contributed by atoms with Gasteiger partial charge in [0.2, 0.25) is 5.91 Å². The quantitative estimate of drug-likeness (QED) is 0.578. The number of hydrogen-bond donors (Lipinski definition) is 1. The highest BCUT2D eigenvalue weighted by atomic mass is 35.5. The molecule has 0 fully saturated rings. The number of halogens is 1. The van der Waals surface area contributed by atoms with Crippen LogP contribution in [0.4, 0.5) is 5.69 Å². The van der Waals surface area contributed by atoms with Gasteiger partial charge in [-0.25, -0.2) is 4.99 Å². The minimum atomic E-state index is -0.287. The lowest BCUT2D eigenvalue weighted by atomic mass is 10.2. The van der Waals surface area contributed by atoms with Crippen molar-refractivity contribution < 1.29 is 19.1 Å². The molecule has 1 aliphatic heterocycles. The number of anilines is 1. The molecule has 0 radical (unpaired) electrons. The zero-order chi connectivity index (χ0) is 22.4. The first-order valence-electron chi connectivity index (χ1n) is 9.36. The molecule has 164 valence electrons. The minimum absolute atomic E-state index is 0.104. The fourth-order valence-corrected chi connectivity index (χ4v) is 4.59. The van der Waals surface area contributed by atoms with E-state index in [9.17, 15) is 9.59 Å². The summed E-state index contributed by atoms with van der Waals surface area (Å²) in [7, 11) is 3.10. The van der Waals surface area contributed by atoms with Crippen LogP contribution in [0.5, 0.6) is 5.75 Å². The Labute approximate surface area is 194 Å². The van der Waals surface area contributed by atoms with Crippen LogP contribution >= 0.6 is 34.7 Å². The van der Waals surface area contributed by atoms with E-state index in [0.29, 0.717) is 33.9 Å². The zero-order valence-corrected chi connectivity index (χ0v) is 19.6. The maximum Gasteiger partial charge on any atom is 0.283 e. The first-order valence-corrected chi connectivity index (χ1v) is 11.6. The van der Waals surface area contributed by atoms with Gasteiger partial charge >= 0.3 is 0 Å². The average Bonchev–Trinajstić information content (AvgIpc) is 3.35. The Bertz CT molecular complexity index is 1010. The largest absolute Gasteiger partial charge is 0.495 e. The highest BCUT2D eigenvalue weighted by molar-refractivity contribution is 8.14. The number of carbonyl (C=O) groups excluding carboxylic acids is 2. The Kier molecular flexibility index (Phi) is 8.14.